The maximum atomic E-state index is 11.7. The molecular weight excluding hydrogens is 276 g/mol. The lowest BCUT2D eigenvalue weighted by Gasteiger charge is -2.29. The minimum absolute atomic E-state index is 0.101. The van der Waals surface area contributed by atoms with Crippen LogP contribution in [0.25, 0.3) is 0 Å². The Morgan fingerprint density at radius 3 is 2.14 bits per heavy atom. The molecule has 0 saturated carbocycles. The molecule has 120 valence electrons. The van der Waals surface area contributed by atoms with Gasteiger partial charge in [0.15, 0.2) is 0 Å². The molecule has 2 rings (SSSR count). The van der Waals surface area contributed by atoms with Gasteiger partial charge < -0.3 is 14.4 Å². The molecule has 1 aromatic rings. The van der Waals surface area contributed by atoms with Crippen molar-refractivity contribution in [2.75, 3.05) is 20.2 Å². The number of methoxy groups -OCH3 is 1. The zero-order valence-electron chi connectivity index (χ0n) is 13.0. The van der Waals surface area contributed by atoms with Gasteiger partial charge in [0.25, 0.3) is 0 Å². The third-order valence-corrected chi connectivity index (χ3v) is 3.39. The molecule has 0 radical (unpaired) electrons. The second-order valence-electron chi connectivity index (χ2n) is 5.25. The fourth-order valence-corrected chi connectivity index (χ4v) is 2.21. The number of rotatable bonds is 4. The zero-order chi connectivity index (χ0) is 15.7. The van der Waals surface area contributed by atoms with Crippen molar-refractivity contribution in [2.45, 2.75) is 45.8 Å². The highest BCUT2D eigenvalue weighted by atomic mass is 19.3. The van der Waals surface area contributed by atoms with Crippen molar-refractivity contribution in [3.8, 4) is 11.5 Å². The molecule has 1 aliphatic rings. The maximum absolute atomic E-state index is 11.7. The SMILES string of the molecule is CC(C)N1CCCCC1.COc1cccc(OC(F)F)c1. The lowest BCUT2D eigenvalue weighted by Crippen LogP contribution is -2.35. The highest BCUT2D eigenvalue weighted by molar-refractivity contribution is 5.32. The molecule has 1 aliphatic heterocycles. The van der Waals surface area contributed by atoms with Crippen LogP contribution in [0.1, 0.15) is 33.1 Å². The van der Waals surface area contributed by atoms with E-state index >= 15 is 0 Å². The van der Waals surface area contributed by atoms with Crippen LogP contribution in [0, 0.1) is 0 Å². The van der Waals surface area contributed by atoms with Gasteiger partial charge in [0.1, 0.15) is 11.5 Å². The van der Waals surface area contributed by atoms with Gasteiger partial charge in [-0.25, -0.2) is 0 Å². The van der Waals surface area contributed by atoms with E-state index in [9.17, 15) is 8.78 Å². The van der Waals surface area contributed by atoms with E-state index in [1.807, 2.05) is 0 Å². The largest absolute Gasteiger partial charge is 0.497 e. The Balaban J connectivity index is 0.000000219. The fourth-order valence-electron chi connectivity index (χ4n) is 2.21. The van der Waals surface area contributed by atoms with Gasteiger partial charge >= 0.3 is 6.61 Å². The number of alkyl halides is 2. The highest BCUT2D eigenvalue weighted by Crippen LogP contribution is 2.20. The van der Waals surface area contributed by atoms with E-state index in [-0.39, 0.29) is 5.75 Å². The number of halogens is 2. The molecule has 0 spiro atoms. The average molecular weight is 301 g/mol. The molecule has 0 amide bonds. The van der Waals surface area contributed by atoms with Gasteiger partial charge in [0.05, 0.1) is 7.11 Å². The molecule has 0 aliphatic carbocycles. The highest BCUT2D eigenvalue weighted by Gasteiger charge is 2.11. The van der Waals surface area contributed by atoms with Crippen molar-refractivity contribution in [3.05, 3.63) is 24.3 Å². The molecule has 1 aromatic carbocycles. The van der Waals surface area contributed by atoms with Crippen molar-refractivity contribution >= 4 is 0 Å². The summed E-state index contributed by atoms with van der Waals surface area (Å²) >= 11 is 0. The van der Waals surface area contributed by atoms with E-state index in [0.717, 1.165) is 6.04 Å². The van der Waals surface area contributed by atoms with Crippen LogP contribution < -0.4 is 9.47 Å². The molecule has 0 unspecified atom stereocenters. The molecule has 0 atom stereocenters. The summed E-state index contributed by atoms with van der Waals surface area (Å²) in [6.45, 7) is 4.43. The summed E-state index contributed by atoms with van der Waals surface area (Å²) in [6, 6.07) is 6.83. The summed E-state index contributed by atoms with van der Waals surface area (Å²) in [4.78, 5) is 2.56. The van der Waals surface area contributed by atoms with Crippen LogP contribution in [0.3, 0.4) is 0 Å². The number of nitrogens with zero attached hydrogens (tertiary/aromatic N) is 1. The third-order valence-electron chi connectivity index (χ3n) is 3.39. The number of hydrogen-bond donors (Lipinski definition) is 0. The molecule has 0 bridgehead atoms. The second-order valence-corrected chi connectivity index (χ2v) is 5.25. The van der Waals surface area contributed by atoms with Gasteiger partial charge in [-0.2, -0.15) is 8.78 Å². The van der Waals surface area contributed by atoms with Crippen molar-refractivity contribution < 1.29 is 18.3 Å². The average Bonchev–Trinajstić information content (AvgIpc) is 2.48. The zero-order valence-corrected chi connectivity index (χ0v) is 13.0. The van der Waals surface area contributed by atoms with Crippen molar-refractivity contribution in [1.82, 2.24) is 4.90 Å². The summed E-state index contributed by atoms with van der Waals surface area (Å²) in [6.07, 6.45) is 4.28. The monoisotopic (exact) mass is 301 g/mol. The molecule has 1 fully saturated rings. The summed E-state index contributed by atoms with van der Waals surface area (Å²) < 4.78 is 32.3. The van der Waals surface area contributed by atoms with Crippen LogP contribution in [-0.4, -0.2) is 37.8 Å². The van der Waals surface area contributed by atoms with Gasteiger partial charge in [-0.05, 0) is 51.9 Å². The van der Waals surface area contributed by atoms with Gasteiger partial charge in [0.2, 0.25) is 0 Å². The Morgan fingerprint density at radius 1 is 1.05 bits per heavy atom. The minimum Gasteiger partial charge on any atom is -0.497 e. The Bertz CT molecular complexity index is 394. The number of hydrogen-bond acceptors (Lipinski definition) is 3. The summed E-state index contributed by atoms with van der Waals surface area (Å²) in [5.74, 6) is 0.595. The molecular formula is C16H25F2NO2. The summed E-state index contributed by atoms with van der Waals surface area (Å²) in [5, 5.41) is 0. The molecule has 0 N–H and O–H groups in total. The Morgan fingerprint density at radius 2 is 1.67 bits per heavy atom. The van der Waals surface area contributed by atoms with Crippen LogP contribution in [0.5, 0.6) is 11.5 Å². The van der Waals surface area contributed by atoms with E-state index in [1.165, 1.54) is 51.6 Å². The van der Waals surface area contributed by atoms with Crippen LogP contribution >= 0.6 is 0 Å². The minimum atomic E-state index is -2.79. The molecule has 1 heterocycles. The molecule has 3 nitrogen and oxygen atoms in total. The van der Waals surface area contributed by atoms with E-state index in [4.69, 9.17) is 4.74 Å². The number of benzene rings is 1. The van der Waals surface area contributed by atoms with Gasteiger partial charge in [-0.3, -0.25) is 0 Å². The fraction of sp³-hybridized carbons (Fsp3) is 0.625. The molecule has 1 saturated heterocycles. The first-order chi connectivity index (χ1) is 10.0. The van der Waals surface area contributed by atoms with E-state index in [0.29, 0.717) is 5.75 Å². The lowest BCUT2D eigenvalue weighted by molar-refractivity contribution is -0.0499. The first kappa shape index (κ1) is 17.7. The van der Waals surface area contributed by atoms with Crippen molar-refractivity contribution in [3.63, 3.8) is 0 Å². The van der Waals surface area contributed by atoms with Crippen LogP contribution in [0.4, 0.5) is 8.78 Å². The third kappa shape index (κ3) is 7.27. The van der Waals surface area contributed by atoms with E-state index in [2.05, 4.69) is 23.5 Å². The standard InChI is InChI=1S/C8H8F2O2.C8H17N/c1-11-6-3-2-4-7(5-6)12-8(9)10;1-8(2)9-6-4-3-5-7-9/h2-5,8H,1H3;8H,3-7H2,1-2H3. The smallest absolute Gasteiger partial charge is 0.387 e. The van der Waals surface area contributed by atoms with E-state index < -0.39 is 6.61 Å². The number of ether oxygens (including phenoxy) is 2. The quantitative estimate of drug-likeness (QED) is 0.833. The molecule has 5 heteroatoms. The Kier molecular flexibility index (Phi) is 8.05. The van der Waals surface area contributed by atoms with Gasteiger partial charge in [0, 0.05) is 12.1 Å². The normalized spacial score (nSPS) is 15.6. The topological polar surface area (TPSA) is 21.7 Å². The Hall–Kier alpha value is -1.36. The predicted molar refractivity (Wildman–Crippen MR) is 80.2 cm³/mol. The van der Waals surface area contributed by atoms with Crippen molar-refractivity contribution in [1.29, 1.82) is 0 Å². The second kappa shape index (κ2) is 9.55. The Labute approximate surface area is 125 Å². The lowest BCUT2D eigenvalue weighted by atomic mass is 10.1. The molecule has 21 heavy (non-hydrogen) atoms. The maximum Gasteiger partial charge on any atom is 0.387 e. The van der Waals surface area contributed by atoms with Gasteiger partial charge in [-0.1, -0.05) is 12.5 Å². The number of likely N-dealkylation sites (tertiary alicyclic amines) is 1. The number of piperidine rings is 1. The summed E-state index contributed by atoms with van der Waals surface area (Å²) in [7, 11) is 1.46. The first-order valence-corrected chi connectivity index (χ1v) is 7.36. The summed E-state index contributed by atoms with van der Waals surface area (Å²) in [5.41, 5.74) is 0. The van der Waals surface area contributed by atoms with Crippen molar-refractivity contribution in [2.24, 2.45) is 0 Å². The van der Waals surface area contributed by atoms with Crippen LogP contribution in [0.15, 0.2) is 24.3 Å². The molecule has 0 aromatic heterocycles. The van der Waals surface area contributed by atoms with Crippen LogP contribution in [0.2, 0.25) is 0 Å². The van der Waals surface area contributed by atoms with Gasteiger partial charge in [-0.15, -0.1) is 0 Å². The van der Waals surface area contributed by atoms with Crippen LogP contribution in [-0.2, 0) is 0 Å². The predicted octanol–water partition coefficient (Wildman–Crippen LogP) is 4.18. The first-order valence-electron chi connectivity index (χ1n) is 7.36. The van der Waals surface area contributed by atoms with E-state index in [1.54, 1.807) is 12.1 Å².